The number of rotatable bonds is 5. The molecule has 1 saturated carbocycles. The van der Waals surface area contributed by atoms with E-state index in [-0.39, 0.29) is 11.7 Å². The van der Waals surface area contributed by atoms with Crippen LogP contribution in [0.25, 0.3) is 0 Å². The van der Waals surface area contributed by atoms with Crippen LogP contribution in [0.5, 0.6) is 0 Å². The molecule has 24 heavy (non-hydrogen) atoms. The summed E-state index contributed by atoms with van der Waals surface area (Å²) in [5, 5.41) is 8.14. The van der Waals surface area contributed by atoms with Gasteiger partial charge in [0.15, 0.2) is 0 Å². The van der Waals surface area contributed by atoms with Crippen LogP contribution in [0.3, 0.4) is 0 Å². The molecule has 1 aliphatic carbocycles. The predicted octanol–water partition coefficient (Wildman–Crippen LogP) is 4.97. The zero-order valence-corrected chi connectivity index (χ0v) is 14.2. The fourth-order valence-electron chi connectivity index (χ4n) is 3.41. The van der Waals surface area contributed by atoms with Gasteiger partial charge in [0.1, 0.15) is 5.69 Å². The summed E-state index contributed by atoms with van der Waals surface area (Å²) in [6, 6.07) is 3.09. The molecule has 0 bridgehead atoms. The van der Waals surface area contributed by atoms with Gasteiger partial charge in [-0.1, -0.05) is 25.3 Å². The first-order chi connectivity index (χ1) is 11.5. The lowest BCUT2D eigenvalue weighted by Gasteiger charge is -2.22. The van der Waals surface area contributed by atoms with Crippen LogP contribution >= 0.6 is 0 Å². The molecule has 1 fully saturated rings. The van der Waals surface area contributed by atoms with Crippen molar-refractivity contribution in [2.24, 2.45) is 7.05 Å². The number of nitrogens with one attached hydrogen (secondary N) is 1. The quantitative estimate of drug-likeness (QED) is 0.839. The first-order valence-electron chi connectivity index (χ1n) is 8.58. The van der Waals surface area contributed by atoms with E-state index in [9.17, 15) is 8.78 Å². The van der Waals surface area contributed by atoms with E-state index in [0.717, 1.165) is 16.9 Å². The molecule has 1 atom stereocenters. The van der Waals surface area contributed by atoms with Crippen LogP contribution in [0.1, 0.15) is 74.4 Å². The summed E-state index contributed by atoms with van der Waals surface area (Å²) in [5.41, 5.74) is 2.86. The summed E-state index contributed by atoms with van der Waals surface area (Å²) in [6.07, 6.45) is 7.19. The number of hydrogen-bond donors (Lipinski definition) is 1. The highest BCUT2D eigenvalue weighted by Crippen LogP contribution is 2.36. The number of alkyl halides is 2. The van der Waals surface area contributed by atoms with Crippen LogP contribution in [0.2, 0.25) is 0 Å². The van der Waals surface area contributed by atoms with Crippen LogP contribution in [-0.4, -0.2) is 14.8 Å². The molecule has 2 aromatic heterocycles. The maximum absolute atomic E-state index is 12.6. The Morgan fingerprint density at radius 3 is 2.58 bits per heavy atom. The van der Waals surface area contributed by atoms with Crippen molar-refractivity contribution in [2.75, 3.05) is 5.32 Å². The summed E-state index contributed by atoms with van der Waals surface area (Å²) in [4.78, 5) is 3.85. The van der Waals surface area contributed by atoms with Crippen LogP contribution in [0.15, 0.2) is 24.5 Å². The molecule has 0 aliphatic heterocycles. The Morgan fingerprint density at radius 1 is 1.21 bits per heavy atom. The molecule has 0 radical (unpaired) electrons. The summed E-state index contributed by atoms with van der Waals surface area (Å²) < 4.78 is 27.1. The van der Waals surface area contributed by atoms with E-state index in [1.807, 2.05) is 24.9 Å². The fraction of sp³-hybridized carbons (Fsp3) is 0.556. The van der Waals surface area contributed by atoms with Gasteiger partial charge in [-0.15, -0.1) is 0 Å². The van der Waals surface area contributed by atoms with E-state index in [4.69, 9.17) is 0 Å². The van der Waals surface area contributed by atoms with Crippen molar-refractivity contribution < 1.29 is 8.78 Å². The van der Waals surface area contributed by atoms with E-state index in [1.54, 1.807) is 6.07 Å². The molecule has 0 aromatic carbocycles. The minimum atomic E-state index is -2.53. The second-order valence-electron chi connectivity index (χ2n) is 6.62. The van der Waals surface area contributed by atoms with Crippen LogP contribution in [0, 0.1) is 0 Å². The predicted molar refractivity (Wildman–Crippen MR) is 90.3 cm³/mol. The molecule has 1 unspecified atom stereocenters. The van der Waals surface area contributed by atoms with Gasteiger partial charge in [0.2, 0.25) is 0 Å². The highest BCUT2D eigenvalue weighted by molar-refractivity contribution is 5.50. The smallest absolute Gasteiger partial charge is 0.280 e. The van der Waals surface area contributed by atoms with Gasteiger partial charge in [-0.2, -0.15) is 5.10 Å². The minimum absolute atomic E-state index is 0.0178. The summed E-state index contributed by atoms with van der Waals surface area (Å²) >= 11 is 0. The number of halogens is 2. The zero-order chi connectivity index (χ0) is 17.1. The second kappa shape index (κ2) is 7.28. The van der Waals surface area contributed by atoms with Gasteiger partial charge < -0.3 is 5.32 Å². The van der Waals surface area contributed by atoms with Gasteiger partial charge >= 0.3 is 0 Å². The zero-order valence-electron chi connectivity index (χ0n) is 14.2. The average molecular weight is 334 g/mol. The SMILES string of the molecule is CC(Nc1cn(C)nc1C1CCCCC1)c1ccc(C(F)F)nc1. The molecule has 1 aliphatic rings. The molecule has 0 spiro atoms. The fourth-order valence-corrected chi connectivity index (χ4v) is 3.41. The van der Waals surface area contributed by atoms with Gasteiger partial charge in [0.05, 0.1) is 17.4 Å². The van der Waals surface area contributed by atoms with Crippen molar-refractivity contribution in [1.29, 1.82) is 0 Å². The maximum Gasteiger partial charge on any atom is 0.280 e. The lowest BCUT2D eigenvalue weighted by molar-refractivity contribution is 0.146. The van der Waals surface area contributed by atoms with Gasteiger partial charge in [0.25, 0.3) is 6.43 Å². The largest absolute Gasteiger partial charge is 0.376 e. The number of nitrogens with zero attached hydrogens (tertiary/aromatic N) is 3. The Morgan fingerprint density at radius 2 is 1.96 bits per heavy atom. The molecule has 2 aromatic rings. The molecule has 4 nitrogen and oxygen atoms in total. The Hall–Kier alpha value is -1.98. The van der Waals surface area contributed by atoms with Gasteiger partial charge in [0, 0.05) is 25.4 Å². The lowest BCUT2D eigenvalue weighted by Crippen LogP contribution is -2.11. The minimum Gasteiger partial charge on any atom is -0.376 e. The molecular weight excluding hydrogens is 310 g/mol. The normalized spacial score (nSPS) is 17.2. The van der Waals surface area contributed by atoms with Gasteiger partial charge in [-0.3, -0.25) is 9.67 Å². The molecule has 3 rings (SSSR count). The Bertz CT molecular complexity index is 660. The van der Waals surface area contributed by atoms with Crippen molar-refractivity contribution in [3.8, 4) is 0 Å². The Kier molecular flexibility index (Phi) is 5.11. The van der Waals surface area contributed by atoms with E-state index < -0.39 is 6.43 Å². The molecule has 2 heterocycles. The topological polar surface area (TPSA) is 42.7 Å². The van der Waals surface area contributed by atoms with Crippen LogP contribution in [0.4, 0.5) is 14.5 Å². The lowest BCUT2D eigenvalue weighted by atomic mass is 9.86. The maximum atomic E-state index is 12.6. The molecule has 0 saturated heterocycles. The summed E-state index contributed by atoms with van der Waals surface area (Å²) in [5.74, 6) is 0.508. The Balaban J connectivity index is 1.75. The van der Waals surface area contributed by atoms with Crippen LogP contribution in [-0.2, 0) is 7.05 Å². The molecule has 6 heteroatoms. The van der Waals surface area contributed by atoms with Gasteiger partial charge in [-0.25, -0.2) is 8.78 Å². The third-order valence-corrected chi connectivity index (χ3v) is 4.75. The van der Waals surface area contributed by atoms with Crippen molar-refractivity contribution in [3.05, 3.63) is 41.5 Å². The number of aromatic nitrogens is 3. The molecule has 0 amide bonds. The first kappa shape index (κ1) is 16.9. The Labute approximate surface area is 141 Å². The van der Waals surface area contributed by atoms with Gasteiger partial charge in [-0.05, 0) is 31.4 Å². The third-order valence-electron chi connectivity index (χ3n) is 4.75. The average Bonchev–Trinajstić information content (AvgIpc) is 2.96. The number of pyridine rings is 1. The standard InChI is InChI=1S/C18H24F2N4/c1-12(14-8-9-15(18(19)20)21-10-14)22-16-11-24(2)23-17(16)13-6-4-3-5-7-13/h8-13,18,22H,3-7H2,1-2H3. The summed E-state index contributed by atoms with van der Waals surface area (Å²) in [7, 11) is 1.93. The summed E-state index contributed by atoms with van der Waals surface area (Å²) in [6.45, 7) is 2.01. The van der Waals surface area contributed by atoms with Crippen molar-refractivity contribution in [2.45, 2.75) is 57.4 Å². The number of anilines is 1. The van der Waals surface area contributed by atoms with Crippen molar-refractivity contribution in [3.63, 3.8) is 0 Å². The monoisotopic (exact) mass is 334 g/mol. The second-order valence-corrected chi connectivity index (χ2v) is 6.62. The third kappa shape index (κ3) is 3.74. The number of aryl methyl sites for hydroxylation is 1. The molecule has 130 valence electrons. The van der Waals surface area contributed by atoms with E-state index in [0.29, 0.717) is 5.92 Å². The highest BCUT2D eigenvalue weighted by Gasteiger charge is 2.22. The first-order valence-corrected chi connectivity index (χ1v) is 8.58. The molecule has 1 N–H and O–H groups in total. The highest BCUT2D eigenvalue weighted by atomic mass is 19.3. The van der Waals surface area contributed by atoms with E-state index in [1.165, 1.54) is 44.4 Å². The van der Waals surface area contributed by atoms with Crippen LogP contribution < -0.4 is 5.32 Å². The van der Waals surface area contributed by atoms with Crippen molar-refractivity contribution in [1.82, 2.24) is 14.8 Å². The van der Waals surface area contributed by atoms with E-state index >= 15 is 0 Å². The molecular formula is C18H24F2N4. The van der Waals surface area contributed by atoms with E-state index in [2.05, 4.69) is 15.4 Å². The van der Waals surface area contributed by atoms with Crippen molar-refractivity contribution >= 4 is 5.69 Å². The number of hydrogen-bond acceptors (Lipinski definition) is 3.